The normalized spacial score (nSPS) is 25.6. The standard InChI is InChI=1S/C18H29NO2/c1-4-20-18-12-15(9-10-19)6-8-17(18)21-16-7-5-13(2)14(3)11-16/h6,8,12-14,16H,4-5,7,9-11,19H2,1-3H3. The van der Waals surface area contributed by atoms with E-state index in [2.05, 4.69) is 26.0 Å². The van der Waals surface area contributed by atoms with Crippen LogP contribution in [0.5, 0.6) is 11.5 Å². The molecule has 21 heavy (non-hydrogen) atoms. The molecule has 0 heterocycles. The summed E-state index contributed by atoms with van der Waals surface area (Å²) in [4.78, 5) is 0. The molecule has 1 aliphatic rings. The zero-order valence-corrected chi connectivity index (χ0v) is 13.6. The molecule has 2 N–H and O–H groups in total. The van der Waals surface area contributed by atoms with E-state index in [1.807, 2.05) is 13.0 Å². The van der Waals surface area contributed by atoms with Crippen molar-refractivity contribution in [1.82, 2.24) is 0 Å². The molecule has 3 nitrogen and oxygen atoms in total. The quantitative estimate of drug-likeness (QED) is 0.867. The zero-order chi connectivity index (χ0) is 15.2. The second-order valence-electron chi connectivity index (χ2n) is 6.26. The molecular weight excluding hydrogens is 262 g/mol. The summed E-state index contributed by atoms with van der Waals surface area (Å²) in [5.41, 5.74) is 6.84. The van der Waals surface area contributed by atoms with E-state index in [0.29, 0.717) is 19.3 Å². The molecule has 0 aliphatic heterocycles. The van der Waals surface area contributed by atoms with Crippen molar-refractivity contribution < 1.29 is 9.47 Å². The van der Waals surface area contributed by atoms with Crippen molar-refractivity contribution in [2.45, 2.75) is 52.6 Å². The lowest BCUT2D eigenvalue weighted by atomic mass is 9.80. The highest BCUT2D eigenvalue weighted by molar-refractivity contribution is 5.43. The van der Waals surface area contributed by atoms with Crippen LogP contribution < -0.4 is 15.2 Å². The van der Waals surface area contributed by atoms with Gasteiger partial charge in [0, 0.05) is 0 Å². The Labute approximate surface area is 128 Å². The van der Waals surface area contributed by atoms with Crippen molar-refractivity contribution in [3.63, 3.8) is 0 Å². The average Bonchev–Trinajstić information content (AvgIpc) is 2.46. The Bertz CT molecular complexity index is 447. The smallest absolute Gasteiger partial charge is 0.161 e. The highest BCUT2D eigenvalue weighted by Crippen LogP contribution is 2.35. The Hall–Kier alpha value is -1.22. The second-order valence-corrected chi connectivity index (χ2v) is 6.26. The molecule has 0 amide bonds. The maximum Gasteiger partial charge on any atom is 0.161 e. The summed E-state index contributed by atoms with van der Waals surface area (Å²) in [7, 11) is 0. The number of ether oxygens (including phenoxy) is 2. The van der Waals surface area contributed by atoms with E-state index < -0.39 is 0 Å². The summed E-state index contributed by atoms with van der Waals surface area (Å²) in [5.74, 6) is 3.28. The summed E-state index contributed by atoms with van der Waals surface area (Å²) in [5, 5.41) is 0. The van der Waals surface area contributed by atoms with Crippen LogP contribution >= 0.6 is 0 Å². The van der Waals surface area contributed by atoms with E-state index in [-0.39, 0.29) is 0 Å². The Morgan fingerprint density at radius 1 is 1.14 bits per heavy atom. The van der Waals surface area contributed by atoms with Crippen LogP contribution in [0.2, 0.25) is 0 Å². The van der Waals surface area contributed by atoms with Crippen molar-refractivity contribution in [2.24, 2.45) is 17.6 Å². The minimum Gasteiger partial charge on any atom is -0.490 e. The first-order chi connectivity index (χ1) is 10.1. The first-order valence-electron chi connectivity index (χ1n) is 8.26. The molecule has 1 saturated carbocycles. The van der Waals surface area contributed by atoms with Gasteiger partial charge in [-0.2, -0.15) is 0 Å². The van der Waals surface area contributed by atoms with Crippen molar-refractivity contribution in [3.8, 4) is 11.5 Å². The van der Waals surface area contributed by atoms with Gasteiger partial charge in [0.1, 0.15) is 0 Å². The first kappa shape index (κ1) is 16.2. The van der Waals surface area contributed by atoms with Crippen molar-refractivity contribution in [3.05, 3.63) is 23.8 Å². The molecule has 118 valence electrons. The third-order valence-electron chi connectivity index (χ3n) is 4.58. The van der Waals surface area contributed by atoms with Gasteiger partial charge in [0.15, 0.2) is 11.5 Å². The molecule has 1 aromatic carbocycles. The van der Waals surface area contributed by atoms with Gasteiger partial charge in [-0.1, -0.05) is 19.9 Å². The lowest BCUT2D eigenvalue weighted by Gasteiger charge is -2.32. The Kier molecular flexibility index (Phi) is 5.92. The fourth-order valence-electron chi connectivity index (χ4n) is 3.03. The van der Waals surface area contributed by atoms with E-state index >= 15 is 0 Å². The van der Waals surface area contributed by atoms with Gasteiger partial charge in [-0.15, -0.1) is 0 Å². The predicted octanol–water partition coefficient (Wildman–Crippen LogP) is 3.79. The largest absolute Gasteiger partial charge is 0.490 e. The second kappa shape index (κ2) is 7.69. The molecule has 3 unspecified atom stereocenters. The molecule has 0 spiro atoms. The number of hydrogen-bond acceptors (Lipinski definition) is 3. The summed E-state index contributed by atoms with van der Waals surface area (Å²) >= 11 is 0. The van der Waals surface area contributed by atoms with E-state index in [4.69, 9.17) is 15.2 Å². The molecular formula is C18H29NO2. The number of nitrogens with two attached hydrogens (primary N) is 1. The Morgan fingerprint density at radius 2 is 1.95 bits per heavy atom. The van der Waals surface area contributed by atoms with Gasteiger partial charge in [0.2, 0.25) is 0 Å². The third kappa shape index (κ3) is 4.37. The Balaban J connectivity index is 2.07. The maximum absolute atomic E-state index is 6.23. The van der Waals surface area contributed by atoms with E-state index in [1.165, 1.54) is 12.0 Å². The monoisotopic (exact) mass is 291 g/mol. The van der Waals surface area contributed by atoms with Gasteiger partial charge in [0.05, 0.1) is 12.7 Å². The molecule has 0 radical (unpaired) electrons. The summed E-state index contributed by atoms with van der Waals surface area (Å²) in [6.07, 6.45) is 4.72. The molecule has 0 saturated heterocycles. The van der Waals surface area contributed by atoms with Crippen molar-refractivity contribution >= 4 is 0 Å². The highest BCUT2D eigenvalue weighted by atomic mass is 16.5. The molecule has 3 atom stereocenters. The van der Waals surface area contributed by atoms with Gasteiger partial charge < -0.3 is 15.2 Å². The molecule has 3 heteroatoms. The van der Waals surface area contributed by atoms with Crippen LogP contribution in [0.25, 0.3) is 0 Å². The molecule has 1 aromatic rings. The lowest BCUT2D eigenvalue weighted by molar-refractivity contribution is 0.0969. The molecule has 0 bridgehead atoms. The van der Waals surface area contributed by atoms with Crippen LogP contribution in [0, 0.1) is 11.8 Å². The van der Waals surface area contributed by atoms with Gasteiger partial charge in [-0.3, -0.25) is 0 Å². The van der Waals surface area contributed by atoms with Crippen LogP contribution in [-0.2, 0) is 6.42 Å². The molecule has 1 aliphatic carbocycles. The summed E-state index contributed by atoms with van der Waals surface area (Å²) in [6.45, 7) is 7.98. The Morgan fingerprint density at radius 3 is 2.62 bits per heavy atom. The van der Waals surface area contributed by atoms with Crippen LogP contribution in [0.4, 0.5) is 0 Å². The highest BCUT2D eigenvalue weighted by Gasteiger charge is 2.26. The van der Waals surface area contributed by atoms with Crippen LogP contribution in [0.15, 0.2) is 18.2 Å². The van der Waals surface area contributed by atoms with Gasteiger partial charge in [-0.05, 0) is 68.7 Å². The fourth-order valence-corrected chi connectivity index (χ4v) is 3.03. The minimum absolute atomic E-state index is 0.316. The zero-order valence-electron chi connectivity index (χ0n) is 13.6. The third-order valence-corrected chi connectivity index (χ3v) is 4.58. The lowest BCUT2D eigenvalue weighted by Crippen LogP contribution is -2.28. The van der Waals surface area contributed by atoms with Crippen molar-refractivity contribution in [1.29, 1.82) is 0 Å². The maximum atomic E-state index is 6.23. The fraction of sp³-hybridized carbons (Fsp3) is 0.667. The van der Waals surface area contributed by atoms with Gasteiger partial charge in [-0.25, -0.2) is 0 Å². The number of rotatable bonds is 6. The van der Waals surface area contributed by atoms with E-state index in [0.717, 1.165) is 42.6 Å². The van der Waals surface area contributed by atoms with E-state index in [9.17, 15) is 0 Å². The number of benzene rings is 1. The van der Waals surface area contributed by atoms with Crippen LogP contribution in [0.1, 0.15) is 45.6 Å². The van der Waals surface area contributed by atoms with Crippen LogP contribution in [0.3, 0.4) is 0 Å². The average molecular weight is 291 g/mol. The minimum atomic E-state index is 0.316. The summed E-state index contributed by atoms with van der Waals surface area (Å²) in [6, 6.07) is 6.21. The number of hydrogen-bond donors (Lipinski definition) is 1. The molecule has 0 aromatic heterocycles. The van der Waals surface area contributed by atoms with E-state index in [1.54, 1.807) is 0 Å². The van der Waals surface area contributed by atoms with Gasteiger partial charge >= 0.3 is 0 Å². The predicted molar refractivity (Wildman–Crippen MR) is 87.0 cm³/mol. The topological polar surface area (TPSA) is 44.5 Å². The van der Waals surface area contributed by atoms with Crippen molar-refractivity contribution in [2.75, 3.05) is 13.2 Å². The molecule has 1 fully saturated rings. The van der Waals surface area contributed by atoms with Crippen LogP contribution in [-0.4, -0.2) is 19.3 Å². The summed E-state index contributed by atoms with van der Waals surface area (Å²) < 4.78 is 12.0. The SMILES string of the molecule is CCOc1cc(CCN)ccc1OC1CCC(C)C(C)C1. The first-order valence-corrected chi connectivity index (χ1v) is 8.26. The van der Waals surface area contributed by atoms with Gasteiger partial charge in [0.25, 0.3) is 0 Å². The molecule has 2 rings (SSSR count).